The predicted molar refractivity (Wildman–Crippen MR) is 66.0 cm³/mol. The lowest BCUT2D eigenvalue weighted by Gasteiger charge is -2.04. The molecule has 0 saturated carbocycles. The van der Waals surface area contributed by atoms with Crippen LogP contribution in [0.15, 0.2) is 6.20 Å². The van der Waals surface area contributed by atoms with Crippen LogP contribution in [0.3, 0.4) is 0 Å². The number of aryl methyl sites for hydroxylation is 1. The zero-order chi connectivity index (χ0) is 12.0. The van der Waals surface area contributed by atoms with Crippen LogP contribution in [0, 0.1) is 0 Å². The molecule has 0 unspecified atom stereocenters. The third kappa shape index (κ3) is 3.34. The van der Waals surface area contributed by atoms with Crippen molar-refractivity contribution < 1.29 is 4.79 Å². The highest BCUT2D eigenvalue weighted by molar-refractivity contribution is 6.33. The Kier molecular flexibility index (Phi) is 5.53. The van der Waals surface area contributed by atoms with Gasteiger partial charge < -0.3 is 0 Å². The van der Waals surface area contributed by atoms with E-state index < -0.39 is 0 Å². The smallest absolute Gasteiger partial charge is 0.182 e. The summed E-state index contributed by atoms with van der Waals surface area (Å²) in [5, 5.41) is 4.54. The highest BCUT2D eigenvalue weighted by Crippen LogP contribution is 2.18. The van der Waals surface area contributed by atoms with Crippen molar-refractivity contribution >= 4 is 17.4 Å². The molecule has 0 spiro atoms. The van der Waals surface area contributed by atoms with Crippen molar-refractivity contribution in [2.24, 2.45) is 0 Å². The number of halogens is 1. The molecule has 0 aliphatic carbocycles. The Bertz CT molecular complexity index is 347. The summed E-state index contributed by atoms with van der Waals surface area (Å²) in [7, 11) is 0. The number of hydrogen-bond donors (Lipinski definition) is 0. The van der Waals surface area contributed by atoms with E-state index in [2.05, 4.69) is 12.0 Å². The van der Waals surface area contributed by atoms with Crippen LogP contribution >= 0.6 is 11.6 Å². The highest BCUT2D eigenvalue weighted by atomic mass is 35.5. The second-order valence-electron chi connectivity index (χ2n) is 3.89. The van der Waals surface area contributed by atoms with E-state index in [0.717, 1.165) is 12.8 Å². The summed E-state index contributed by atoms with van der Waals surface area (Å²) in [4.78, 5) is 11.9. The van der Waals surface area contributed by atoms with Crippen LogP contribution in [0.4, 0.5) is 0 Å². The summed E-state index contributed by atoms with van der Waals surface area (Å²) in [5.74, 6) is 0.112. The van der Waals surface area contributed by atoms with Crippen LogP contribution < -0.4 is 0 Å². The first-order chi connectivity index (χ1) is 7.70. The van der Waals surface area contributed by atoms with Gasteiger partial charge in [-0.2, -0.15) is 5.10 Å². The number of hydrogen-bond acceptors (Lipinski definition) is 2. The summed E-state index contributed by atoms with van der Waals surface area (Å²) in [6, 6.07) is 0. The number of carbonyl (C=O) groups excluding carboxylic acids is 1. The number of carbonyl (C=O) groups is 1. The van der Waals surface area contributed by atoms with E-state index in [1.807, 2.05) is 6.92 Å². The molecule has 90 valence electrons. The first-order valence-electron chi connectivity index (χ1n) is 5.95. The highest BCUT2D eigenvalue weighted by Gasteiger charge is 2.15. The summed E-state index contributed by atoms with van der Waals surface area (Å²) in [6.07, 6.45) is 6.55. The SMILES string of the molecule is CCCCCCC(=O)c1c(Cl)cnn1CC. The van der Waals surface area contributed by atoms with Gasteiger partial charge in [0.25, 0.3) is 0 Å². The quantitative estimate of drug-likeness (QED) is 0.540. The van der Waals surface area contributed by atoms with Crippen molar-refractivity contribution in [1.29, 1.82) is 0 Å². The number of ketones is 1. The van der Waals surface area contributed by atoms with Gasteiger partial charge in [-0.3, -0.25) is 9.48 Å². The molecule has 16 heavy (non-hydrogen) atoms. The Morgan fingerprint density at radius 1 is 1.38 bits per heavy atom. The zero-order valence-corrected chi connectivity index (χ0v) is 10.8. The molecule has 1 aromatic rings. The molecule has 0 aliphatic rings. The second-order valence-corrected chi connectivity index (χ2v) is 4.30. The molecule has 1 aromatic heterocycles. The lowest BCUT2D eigenvalue weighted by molar-refractivity contribution is 0.0969. The third-order valence-corrected chi connectivity index (χ3v) is 2.89. The number of unbranched alkanes of at least 4 members (excludes halogenated alkanes) is 3. The molecule has 0 N–H and O–H groups in total. The number of aromatic nitrogens is 2. The van der Waals surface area contributed by atoms with Gasteiger partial charge >= 0.3 is 0 Å². The van der Waals surface area contributed by atoms with Crippen LogP contribution in [0.2, 0.25) is 5.02 Å². The topological polar surface area (TPSA) is 34.9 Å². The van der Waals surface area contributed by atoms with Crippen molar-refractivity contribution in [3.8, 4) is 0 Å². The second kappa shape index (κ2) is 6.69. The maximum atomic E-state index is 11.9. The molecular formula is C12H19ClN2O. The molecule has 0 atom stereocenters. The molecular weight excluding hydrogens is 224 g/mol. The van der Waals surface area contributed by atoms with E-state index in [1.54, 1.807) is 10.9 Å². The Balaban J connectivity index is 2.55. The van der Waals surface area contributed by atoms with Gasteiger partial charge in [0.15, 0.2) is 5.78 Å². The van der Waals surface area contributed by atoms with Gasteiger partial charge in [0.1, 0.15) is 5.69 Å². The Morgan fingerprint density at radius 3 is 2.75 bits per heavy atom. The molecule has 4 heteroatoms. The van der Waals surface area contributed by atoms with Gasteiger partial charge in [0.2, 0.25) is 0 Å². The predicted octanol–water partition coefficient (Wildman–Crippen LogP) is 3.71. The van der Waals surface area contributed by atoms with Gasteiger partial charge in [-0.1, -0.05) is 37.8 Å². The van der Waals surface area contributed by atoms with E-state index in [0.29, 0.717) is 23.7 Å². The van der Waals surface area contributed by atoms with Gasteiger partial charge in [0, 0.05) is 13.0 Å². The minimum absolute atomic E-state index is 0.112. The lowest BCUT2D eigenvalue weighted by atomic mass is 10.1. The fourth-order valence-electron chi connectivity index (χ4n) is 1.71. The Morgan fingerprint density at radius 2 is 2.12 bits per heavy atom. The first-order valence-corrected chi connectivity index (χ1v) is 6.33. The molecule has 0 radical (unpaired) electrons. The fraction of sp³-hybridized carbons (Fsp3) is 0.667. The molecule has 0 fully saturated rings. The minimum Gasteiger partial charge on any atom is -0.292 e. The summed E-state index contributed by atoms with van der Waals surface area (Å²) < 4.78 is 1.67. The first kappa shape index (κ1) is 13.2. The molecule has 0 saturated heterocycles. The van der Waals surface area contributed by atoms with Gasteiger partial charge in [-0.25, -0.2) is 0 Å². The maximum absolute atomic E-state index is 11.9. The van der Waals surface area contributed by atoms with Crippen LogP contribution in [0.5, 0.6) is 0 Å². The van der Waals surface area contributed by atoms with Crippen molar-refractivity contribution in [3.63, 3.8) is 0 Å². The molecule has 0 aromatic carbocycles. The normalized spacial score (nSPS) is 10.7. The van der Waals surface area contributed by atoms with Crippen molar-refractivity contribution in [2.45, 2.75) is 52.5 Å². The number of nitrogens with zero attached hydrogens (tertiary/aromatic N) is 2. The summed E-state index contributed by atoms with van der Waals surface area (Å²) in [5.41, 5.74) is 0.570. The molecule has 1 rings (SSSR count). The van der Waals surface area contributed by atoms with Crippen molar-refractivity contribution in [1.82, 2.24) is 9.78 Å². The fourth-order valence-corrected chi connectivity index (χ4v) is 1.96. The standard InChI is InChI=1S/C12H19ClN2O/c1-3-5-6-7-8-11(16)12-10(13)9-14-15(12)4-2/h9H,3-8H2,1-2H3. The number of Topliss-reactive ketones (excluding diaryl/α,β-unsaturated/α-hetero) is 1. The van der Waals surface area contributed by atoms with Gasteiger partial charge in [-0.15, -0.1) is 0 Å². The van der Waals surface area contributed by atoms with Gasteiger partial charge in [-0.05, 0) is 13.3 Å². The molecule has 0 amide bonds. The van der Waals surface area contributed by atoms with Crippen molar-refractivity contribution in [2.75, 3.05) is 0 Å². The lowest BCUT2D eigenvalue weighted by Crippen LogP contribution is -2.09. The van der Waals surface area contributed by atoms with E-state index in [9.17, 15) is 4.79 Å². The average Bonchev–Trinajstić information content (AvgIpc) is 2.65. The molecule has 3 nitrogen and oxygen atoms in total. The Hall–Kier alpha value is -0.830. The van der Waals surface area contributed by atoms with Crippen LogP contribution in [-0.2, 0) is 6.54 Å². The molecule has 1 heterocycles. The van der Waals surface area contributed by atoms with E-state index >= 15 is 0 Å². The zero-order valence-electron chi connectivity index (χ0n) is 10.0. The molecule has 0 aliphatic heterocycles. The monoisotopic (exact) mass is 242 g/mol. The third-order valence-electron chi connectivity index (χ3n) is 2.62. The van der Waals surface area contributed by atoms with Gasteiger partial charge in [0.05, 0.1) is 11.2 Å². The maximum Gasteiger partial charge on any atom is 0.182 e. The average molecular weight is 243 g/mol. The van der Waals surface area contributed by atoms with E-state index in [4.69, 9.17) is 11.6 Å². The molecule has 0 bridgehead atoms. The number of rotatable bonds is 7. The summed E-state index contributed by atoms with van der Waals surface area (Å²) in [6.45, 7) is 4.80. The van der Waals surface area contributed by atoms with E-state index in [-0.39, 0.29) is 5.78 Å². The minimum atomic E-state index is 0.112. The van der Waals surface area contributed by atoms with Crippen LogP contribution in [-0.4, -0.2) is 15.6 Å². The van der Waals surface area contributed by atoms with Crippen molar-refractivity contribution in [3.05, 3.63) is 16.9 Å². The summed E-state index contributed by atoms with van der Waals surface area (Å²) >= 11 is 5.95. The largest absolute Gasteiger partial charge is 0.292 e. The Labute approximate surface area is 102 Å². The van der Waals surface area contributed by atoms with Crippen LogP contribution in [0.1, 0.15) is 56.4 Å². The van der Waals surface area contributed by atoms with E-state index in [1.165, 1.54) is 12.8 Å². The van der Waals surface area contributed by atoms with Crippen LogP contribution in [0.25, 0.3) is 0 Å².